The van der Waals surface area contributed by atoms with Crippen molar-refractivity contribution in [1.82, 2.24) is 0 Å². The molecule has 0 aliphatic rings. The van der Waals surface area contributed by atoms with Crippen molar-refractivity contribution in [2.75, 3.05) is 13.2 Å². The lowest BCUT2D eigenvalue weighted by atomic mass is 9.78. The van der Waals surface area contributed by atoms with Crippen LogP contribution in [0, 0.1) is 0 Å². The summed E-state index contributed by atoms with van der Waals surface area (Å²) in [4.78, 5) is 0. The molecule has 0 saturated heterocycles. The van der Waals surface area contributed by atoms with E-state index in [4.69, 9.17) is 67.3 Å². The van der Waals surface area contributed by atoms with Gasteiger partial charge in [-0.1, -0.05) is 60.3 Å². The van der Waals surface area contributed by atoms with Gasteiger partial charge in [-0.15, -0.1) is 0 Å². The van der Waals surface area contributed by atoms with Crippen LogP contribution in [0.15, 0.2) is 24.3 Å². The summed E-state index contributed by atoms with van der Waals surface area (Å²) in [5.74, 6) is 0.898. The molecule has 0 atom stereocenters. The average molecular weight is 536 g/mol. The summed E-state index contributed by atoms with van der Waals surface area (Å²) in [6, 6.07) is 7.41. The van der Waals surface area contributed by atoms with Crippen LogP contribution in [-0.4, -0.2) is 24.3 Å². The van der Waals surface area contributed by atoms with Crippen LogP contribution in [0.1, 0.15) is 65.5 Å². The maximum Gasteiger partial charge on any atom is 0.156 e. The molecule has 0 fully saturated rings. The maximum absolute atomic E-state index is 6.54. The Morgan fingerprint density at radius 3 is 1.12 bits per heavy atom. The van der Waals surface area contributed by atoms with E-state index in [1.807, 2.05) is 65.8 Å². The molecule has 0 spiro atoms. The van der Waals surface area contributed by atoms with Crippen LogP contribution in [0.2, 0.25) is 20.1 Å². The summed E-state index contributed by atoms with van der Waals surface area (Å²) < 4.78 is 11.6. The normalized spacial score (nSPS) is 12.7. The first kappa shape index (κ1) is 28.4. The molecule has 184 valence electrons. The van der Waals surface area contributed by atoms with Gasteiger partial charge >= 0.3 is 0 Å². The molecule has 2 rings (SSSR count). The van der Waals surface area contributed by atoms with E-state index in [0.29, 0.717) is 57.6 Å². The zero-order valence-corrected chi connectivity index (χ0v) is 23.1. The fraction of sp³-hybridized carbons (Fsp3) is 0.520. The Kier molecular flexibility index (Phi) is 9.28. The van der Waals surface area contributed by atoms with Gasteiger partial charge in [0.2, 0.25) is 0 Å². The molecule has 0 aliphatic heterocycles. The third-order valence-electron chi connectivity index (χ3n) is 5.43. The Morgan fingerprint density at radius 1 is 0.606 bits per heavy atom. The van der Waals surface area contributed by atoms with Crippen molar-refractivity contribution in [2.45, 2.75) is 70.9 Å². The first-order chi connectivity index (χ1) is 15.0. The molecule has 0 aromatic heterocycles. The number of nitrogens with two attached hydrogens (primary N) is 2. The smallest absolute Gasteiger partial charge is 0.156 e. The summed E-state index contributed by atoms with van der Waals surface area (Å²) in [5, 5.41) is 1.73. The molecule has 8 heteroatoms. The van der Waals surface area contributed by atoms with E-state index in [9.17, 15) is 0 Å². The Hall–Kier alpha value is -0.880. The van der Waals surface area contributed by atoms with Crippen LogP contribution >= 0.6 is 46.4 Å². The van der Waals surface area contributed by atoms with Gasteiger partial charge in [-0.25, -0.2) is 0 Å². The van der Waals surface area contributed by atoms with E-state index in [0.717, 1.165) is 11.1 Å². The third-order valence-corrected chi connectivity index (χ3v) is 6.55. The van der Waals surface area contributed by atoms with Gasteiger partial charge in [-0.05, 0) is 75.9 Å². The fourth-order valence-electron chi connectivity index (χ4n) is 3.12. The van der Waals surface area contributed by atoms with Crippen LogP contribution in [-0.2, 0) is 5.41 Å². The van der Waals surface area contributed by atoms with Crippen molar-refractivity contribution in [3.63, 3.8) is 0 Å². The largest absolute Gasteiger partial charge is 0.490 e. The van der Waals surface area contributed by atoms with E-state index >= 15 is 0 Å². The minimum Gasteiger partial charge on any atom is -0.490 e. The van der Waals surface area contributed by atoms with E-state index in [1.165, 1.54) is 0 Å². The highest BCUT2D eigenvalue weighted by molar-refractivity contribution is 6.38. The van der Waals surface area contributed by atoms with Crippen LogP contribution in [0.4, 0.5) is 0 Å². The summed E-state index contributed by atoms with van der Waals surface area (Å²) in [7, 11) is 0. The molecule has 0 bridgehead atoms. The van der Waals surface area contributed by atoms with Gasteiger partial charge in [0, 0.05) is 16.5 Å². The van der Waals surface area contributed by atoms with Crippen LogP contribution in [0.25, 0.3) is 0 Å². The lowest BCUT2D eigenvalue weighted by Gasteiger charge is -2.28. The summed E-state index contributed by atoms with van der Waals surface area (Å²) in [6.45, 7) is 12.7. The van der Waals surface area contributed by atoms with Crippen molar-refractivity contribution in [3.05, 3.63) is 55.5 Å². The fourth-order valence-corrected chi connectivity index (χ4v) is 4.31. The second-order valence-electron chi connectivity index (χ2n) is 10.3. The molecular weight excluding hydrogens is 502 g/mol. The molecule has 0 aliphatic carbocycles. The molecule has 0 radical (unpaired) electrons. The van der Waals surface area contributed by atoms with Crippen molar-refractivity contribution in [2.24, 2.45) is 11.5 Å². The molecule has 2 aromatic carbocycles. The lowest BCUT2D eigenvalue weighted by Crippen LogP contribution is -2.33. The van der Waals surface area contributed by atoms with Gasteiger partial charge in [-0.2, -0.15) is 0 Å². The van der Waals surface area contributed by atoms with Gasteiger partial charge in [-0.3, -0.25) is 0 Å². The standard InChI is InChI=1S/C25H34Cl4N2O2/c1-23(2,30)7-9-32-21-17(26)11-15(12-18(21)27)25(5,6)16-13-19(28)22(20(29)14-16)33-10-8-24(3,4)31/h11-14H,7-10,30-31H2,1-6H3. The van der Waals surface area contributed by atoms with Gasteiger partial charge < -0.3 is 20.9 Å². The Morgan fingerprint density at radius 2 is 0.879 bits per heavy atom. The number of halogens is 4. The zero-order chi connectivity index (χ0) is 25.2. The third kappa shape index (κ3) is 8.09. The molecule has 2 aromatic rings. The maximum atomic E-state index is 6.54. The molecule has 4 nitrogen and oxygen atoms in total. The van der Waals surface area contributed by atoms with Gasteiger partial charge in [0.15, 0.2) is 11.5 Å². The minimum atomic E-state index is -0.490. The topological polar surface area (TPSA) is 70.5 Å². The highest BCUT2D eigenvalue weighted by Crippen LogP contribution is 2.44. The van der Waals surface area contributed by atoms with Crippen LogP contribution in [0.5, 0.6) is 11.5 Å². The molecule has 0 heterocycles. The first-order valence-corrected chi connectivity index (χ1v) is 12.3. The van der Waals surface area contributed by atoms with Crippen molar-refractivity contribution in [3.8, 4) is 11.5 Å². The highest BCUT2D eigenvalue weighted by atomic mass is 35.5. The number of hydrogen-bond donors (Lipinski definition) is 2. The SMILES string of the molecule is CC(C)(N)CCOc1c(Cl)cc(C(C)(C)c2cc(Cl)c(OCCC(C)(C)N)c(Cl)c2)cc1Cl. The van der Waals surface area contributed by atoms with Gasteiger partial charge in [0.1, 0.15) is 0 Å². The summed E-state index contributed by atoms with van der Waals surface area (Å²) >= 11 is 26.1. The summed E-state index contributed by atoms with van der Waals surface area (Å²) in [5.41, 5.74) is 12.7. The van der Waals surface area contributed by atoms with Crippen LogP contribution in [0.3, 0.4) is 0 Å². The van der Waals surface area contributed by atoms with E-state index in [2.05, 4.69) is 0 Å². The predicted molar refractivity (Wildman–Crippen MR) is 142 cm³/mol. The Balaban J connectivity index is 2.28. The van der Waals surface area contributed by atoms with E-state index in [1.54, 1.807) is 0 Å². The molecule has 0 saturated carbocycles. The second-order valence-corrected chi connectivity index (χ2v) is 12.0. The number of rotatable bonds is 10. The highest BCUT2D eigenvalue weighted by Gasteiger charge is 2.28. The second kappa shape index (κ2) is 10.8. The van der Waals surface area contributed by atoms with Gasteiger partial charge in [0.25, 0.3) is 0 Å². The average Bonchev–Trinajstić information content (AvgIpc) is 2.64. The molecular formula is C25H34Cl4N2O2. The lowest BCUT2D eigenvalue weighted by molar-refractivity contribution is 0.274. The predicted octanol–water partition coefficient (Wildman–Crippen LogP) is 7.64. The van der Waals surface area contributed by atoms with Crippen molar-refractivity contribution < 1.29 is 9.47 Å². The van der Waals surface area contributed by atoms with Gasteiger partial charge in [0.05, 0.1) is 33.3 Å². The monoisotopic (exact) mass is 534 g/mol. The van der Waals surface area contributed by atoms with E-state index in [-0.39, 0.29) is 11.1 Å². The number of ether oxygens (including phenoxy) is 2. The molecule has 4 N–H and O–H groups in total. The molecule has 33 heavy (non-hydrogen) atoms. The number of benzene rings is 2. The Labute approximate surface area is 217 Å². The Bertz CT molecular complexity index is 856. The zero-order valence-electron chi connectivity index (χ0n) is 20.1. The number of hydrogen-bond acceptors (Lipinski definition) is 4. The van der Waals surface area contributed by atoms with E-state index < -0.39 is 5.41 Å². The quantitative estimate of drug-likeness (QED) is 0.328. The van der Waals surface area contributed by atoms with Crippen molar-refractivity contribution in [1.29, 1.82) is 0 Å². The van der Waals surface area contributed by atoms with Crippen molar-refractivity contribution >= 4 is 46.4 Å². The minimum absolute atomic E-state index is 0.337. The van der Waals surface area contributed by atoms with Crippen LogP contribution < -0.4 is 20.9 Å². The first-order valence-electron chi connectivity index (χ1n) is 10.8. The molecule has 0 unspecified atom stereocenters. The molecule has 0 amide bonds. The summed E-state index contributed by atoms with van der Waals surface area (Å²) in [6.07, 6.45) is 1.34.